The summed E-state index contributed by atoms with van der Waals surface area (Å²) in [5, 5.41) is 8.82. The molecule has 4 rings (SSSR count). The van der Waals surface area contributed by atoms with Crippen molar-refractivity contribution in [3.63, 3.8) is 0 Å². The fourth-order valence-electron chi connectivity index (χ4n) is 2.69. The maximum atomic E-state index is 5.41. The van der Waals surface area contributed by atoms with E-state index in [1.807, 2.05) is 44.3 Å². The number of hydrogen-bond acceptors (Lipinski definition) is 5. The van der Waals surface area contributed by atoms with Crippen LogP contribution in [-0.2, 0) is 13.5 Å². The summed E-state index contributed by atoms with van der Waals surface area (Å²) in [6.07, 6.45) is 0.731. The summed E-state index contributed by atoms with van der Waals surface area (Å²) in [6.45, 7) is 2.28. The molecule has 0 N–H and O–H groups in total. The van der Waals surface area contributed by atoms with Gasteiger partial charge in [-0.25, -0.2) is 0 Å². The Labute approximate surface area is 143 Å². The van der Waals surface area contributed by atoms with Crippen LogP contribution in [0.25, 0.3) is 10.2 Å². The third-order valence-corrected chi connectivity index (χ3v) is 5.02. The zero-order valence-electron chi connectivity index (χ0n) is 13.5. The largest absolute Gasteiger partial charge is 0.454 e. The van der Waals surface area contributed by atoms with Crippen molar-refractivity contribution in [1.82, 2.24) is 4.57 Å². The molecule has 0 bridgehead atoms. The molecule has 1 aromatic heterocycles. The van der Waals surface area contributed by atoms with Gasteiger partial charge in [-0.15, -0.1) is 5.10 Å². The molecule has 24 heavy (non-hydrogen) atoms. The number of rotatable bonds is 3. The molecule has 1 aliphatic rings. The molecular weight excluding hydrogens is 322 g/mol. The van der Waals surface area contributed by atoms with Crippen molar-refractivity contribution in [1.29, 1.82) is 0 Å². The molecule has 0 aliphatic carbocycles. The molecule has 0 saturated carbocycles. The molecule has 0 unspecified atom stereocenters. The van der Waals surface area contributed by atoms with E-state index in [1.54, 1.807) is 11.3 Å². The lowest BCUT2D eigenvalue weighted by molar-refractivity contribution is 0.174. The van der Waals surface area contributed by atoms with E-state index in [0.717, 1.165) is 34.0 Å². The Bertz CT molecular complexity index is 1000. The van der Waals surface area contributed by atoms with Crippen LogP contribution >= 0.6 is 11.3 Å². The topological polar surface area (TPSA) is 48.1 Å². The lowest BCUT2D eigenvalue weighted by Crippen LogP contribution is -2.09. The van der Waals surface area contributed by atoms with Crippen molar-refractivity contribution >= 4 is 27.3 Å². The van der Waals surface area contributed by atoms with Crippen LogP contribution in [0.2, 0.25) is 0 Å². The quantitative estimate of drug-likeness (QED) is 0.542. The van der Waals surface area contributed by atoms with Gasteiger partial charge in [0.25, 0.3) is 0 Å². The average molecular weight is 339 g/mol. The number of ether oxygens (including phenoxy) is 2. The van der Waals surface area contributed by atoms with Crippen molar-refractivity contribution in [2.45, 2.75) is 13.3 Å². The Morgan fingerprint density at radius 1 is 1.17 bits per heavy atom. The third kappa shape index (κ3) is 2.80. The van der Waals surface area contributed by atoms with Gasteiger partial charge < -0.3 is 14.0 Å². The number of benzene rings is 2. The molecule has 0 amide bonds. The number of thiazole rings is 1. The standard InChI is InChI=1S/C18H17N3O2S/c1-12(9-13-7-8-15-16(10-13)23-11-22-15)19-20-18-21(2)14-5-3-4-6-17(14)24-18/h3-8,10H,9,11H2,1-2H3. The Kier molecular flexibility index (Phi) is 3.82. The first-order valence-corrected chi connectivity index (χ1v) is 8.52. The van der Waals surface area contributed by atoms with Gasteiger partial charge in [-0.3, -0.25) is 0 Å². The van der Waals surface area contributed by atoms with Gasteiger partial charge in [-0.2, -0.15) is 5.10 Å². The van der Waals surface area contributed by atoms with Gasteiger partial charge in [0.05, 0.1) is 10.2 Å². The summed E-state index contributed by atoms with van der Waals surface area (Å²) in [6, 6.07) is 14.2. The molecule has 6 heteroatoms. The lowest BCUT2D eigenvalue weighted by Gasteiger charge is -2.01. The maximum Gasteiger partial charge on any atom is 0.231 e. The summed E-state index contributed by atoms with van der Waals surface area (Å²) in [5.74, 6) is 1.60. The van der Waals surface area contributed by atoms with Crippen molar-refractivity contribution in [2.75, 3.05) is 6.79 Å². The first-order valence-electron chi connectivity index (χ1n) is 7.71. The van der Waals surface area contributed by atoms with Crippen LogP contribution in [0.4, 0.5) is 0 Å². The Hall–Kier alpha value is -2.60. The van der Waals surface area contributed by atoms with Gasteiger partial charge in [-0.1, -0.05) is 29.5 Å². The maximum absolute atomic E-state index is 5.41. The first-order chi connectivity index (χ1) is 11.7. The number of para-hydroxylation sites is 1. The second-order valence-electron chi connectivity index (χ2n) is 5.71. The van der Waals surface area contributed by atoms with Crippen LogP contribution in [0, 0.1) is 0 Å². The highest BCUT2D eigenvalue weighted by molar-refractivity contribution is 7.16. The van der Waals surface area contributed by atoms with Gasteiger partial charge in [-0.05, 0) is 36.8 Å². The fraction of sp³-hybridized carbons (Fsp3) is 0.222. The van der Waals surface area contributed by atoms with Crippen LogP contribution < -0.4 is 14.3 Å². The minimum atomic E-state index is 0.295. The number of aryl methyl sites for hydroxylation is 1. The molecule has 0 fully saturated rings. The zero-order valence-corrected chi connectivity index (χ0v) is 14.3. The highest BCUT2D eigenvalue weighted by Gasteiger charge is 2.13. The molecule has 2 heterocycles. The number of nitrogens with zero attached hydrogens (tertiary/aromatic N) is 3. The van der Waals surface area contributed by atoms with Crippen molar-refractivity contribution in [2.24, 2.45) is 17.3 Å². The average Bonchev–Trinajstić information content (AvgIpc) is 3.17. The monoisotopic (exact) mass is 339 g/mol. The Morgan fingerprint density at radius 3 is 2.88 bits per heavy atom. The smallest absolute Gasteiger partial charge is 0.231 e. The van der Waals surface area contributed by atoms with E-state index >= 15 is 0 Å². The fourth-order valence-corrected chi connectivity index (χ4v) is 3.66. The summed E-state index contributed by atoms with van der Waals surface area (Å²) in [7, 11) is 2.01. The second kappa shape index (κ2) is 6.13. The zero-order chi connectivity index (χ0) is 16.5. The predicted molar refractivity (Wildman–Crippen MR) is 95.7 cm³/mol. The van der Waals surface area contributed by atoms with Crippen LogP contribution in [-0.4, -0.2) is 17.1 Å². The minimum absolute atomic E-state index is 0.295. The van der Waals surface area contributed by atoms with E-state index in [9.17, 15) is 0 Å². The first kappa shape index (κ1) is 15.0. The number of aromatic nitrogens is 1. The molecule has 0 atom stereocenters. The highest BCUT2D eigenvalue weighted by Crippen LogP contribution is 2.32. The molecular formula is C18H17N3O2S. The summed E-state index contributed by atoms with van der Waals surface area (Å²) >= 11 is 1.64. The highest BCUT2D eigenvalue weighted by atomic mass is 32.1. The second-order valence-corrected chi connectivity index (χ2v) is 6.72. The van der Waals surface area contributed by atoms with Gasteiger partial charge in [0.15, 0.2) is 11.5 Å². The van der Waals surface area contributed by atoms with Gasteiger partial charge in [0, 0.05) is 19.2 Å². The van der Waals surface area contributed by atoms with Gasteiger partial charge in [0.1, 0.15) is 0 Å². The Balaban J connectivity index is 1.59. The van der Waals surface area contributed by atoms with E-state index in [2.05, 4.69) is 26.9 Å². The van der Waals surface area contributed by atoms with Crippen LogP contribution in [0.1, 0.15) is 12.5 Å². The van der Waals surface area contributed by atoms with E-state index < -0.39 is 0 Å². The molecule has 2 aromatic carbocycles. The summed E-state index contributed by atoms with van der Waals surface area (Å²) in [4.78, 5) is 0.890. The SMILES string of the molecule is CC(Cc1ccc2c(c1)OCO2)=NN=c1sc2ccccc2n1C. The van der Waals surface area contributed by atoms with Gasteiger partial charge in [0.2, 0.25) is 11.6 Å². The van der Waals surface area contributed by atoms with E-state index in [1.165, 1.54) is 10.2 Å². The molecule has 0 saturated heterocycles. The molecule has 122 valence electrons. The van der Waals surface area contributed by atoms with E-state index in [0.29, 0.717) is 6.79 Å². The number of fused-ring (bicyclic) bond motifs is 2. The predicted octanol–water partition coefficient (Wildman–Crippen LogP) is 3.49. The molecule has 1 aliphatic heterocycles. The van der Waals surface area contributed by atoms with Crippen LogP contribution in [0.5, 0.6) is 11.5 Å². The van der Waals surface area contributed by atoms with E-state index in [-0.39, 0.29) is 0 Å². The minimum Gasteiger partial charge on any atom is -0.454 e. The van der Waals surface area contributed by atoms with Crippen molar-refractivity contribution in [3.8, 4) is 11.5 Å². The van der Waals surface area contributed by atoms with Gasteiger partial charge >= 0.3 is 0 Å². The van der Waals surface area contributed by atoms with Crippen molar-refractivity contribution in [3.05, 3.63) is 52.8 Å². The summed E-state index contributed by atoms with van der Waals surface area (Å²) in [5.41, 5.74) is 3.26. The molecule has 0 spiro atoms. The van der Waals surface area contributed by atoms with Crippen LogP contribution in [0.3, 0.4) is 0 Å². The van der Waals surface area contributed by atoms with Crippen LogP contribution in [0.15, 0.2) is 52.7 Å². The Morgan fingerprint density at radius 2 is 2.00 bits per heavy atom. The molecule has 3 aromatic rings. The van der Waals surface area contributed by atoms with E-state index in [4.69, 9.17) is 9.47 Å². The molecule has 5 nitrogen and oxygen atoms in total. The third-order valence-electron chi connectivity index (χ3n) is 3.92. The summed E-state index contributed by atoms with van der Waals surface area (Å²) < 4.78 is 14.0. The normalized spacial score (nSPS) is 14.6. The lowest BCUT2D eigenvalue weighted by atomic mass is 10.1. The molecule has 0 radical (unpaired) electrons. The van der Waals surface area contributed by atoms with Crippen molar-refractivity contribution < 1.29 is 9.47 Å². The number of hydrogen-bond donors (Lipinski definition) is 0.